The van der Waals surface area contributed by atoms with E-state index in [-0.39, 0.29) is 5.84 Å². The van der Waals surface area contributed by atoms with Crippen LogP contribution in [0.1, 0.15) is 19.8 Å². The molecule has 0 bridgehead atoms. The van der Waals surface area contributed by atoms with Gasteiger partial charge in [-0.25, -0.2) is 0 Å². The second-order valence-electron chi connectivity index (χ2n) is 3.81. The lowest BCUT2D eigenvalue weighted by Gasteiger charge is -2.23. The third-order valence-electron chi connectivity index (χ3n) is 2.64. The van der Waals surface area contributed by atoms with Gasteiger partial charge in [-0.2, -0.15) is 0 Å². The molecule has 5 nitrogen and oxygen atoms in total. The standard InChI is InChI=1S/C9H20N4O/c1-8(13-4-2-3-5-13)6-11-7-9(10)12-14/h8,11,14H,2-7H2,1H3,(H2,10,12). The number of nitrogens with two attached hydrogens (primary N) is 1. The van der Waals surface area contributed by atoms with Crippen molar-refractivity contribution in [1.82, 2.24) is 10.2 Å². The molecule has 0 aromatic rings. The lowest BCUT2D eigenvalue weighted by atomic mass is 10.3. The molecule has 0 radical (unpaired) electrons. The van der Waals surface area contributed by atoms with Gasteiger partial charge in [0.25, 0.3) is 0 Å². The van der Waals surface area contributed by atoms with Crippen molar-refractivity contribution in [3.8, 4) is 0 Å². The summed E-state index contributed by atoms with van der Waals surface area (Å²) < 4.78 is 0. The molecule has 0 aromatic carbocycles. The quantitative estimate of drug-likeness (QED) is 0.249. The highest BCUT2D eigenvalue weighted by atomic mass is 16.4. The van der Waals surface area contributed by atoms with Crippen LogP contribution in [0.15, 0.2) is 5.16 Å². The monoisotopic (exact) mass is 200 g/mol. The van der Waals surface area contributed by atoms with E-state index in [1.807, 2.05) is 0 Å². The minimum absolute atomic E-state index is 0.235. The summed E-state index contributed by atoms with van der Waals surface area (Å²) >= 11 is 0. The Bertz CT molecular complexity index is 189. The highest BCUT2D eigenvalue weighted by Gasteiger charge is 2.17. The molecule has 1 saturated heterocycles. The topological polar surface area (TPSA) is 73.9 Å². The van der Waals surface area contributed by atoms with E-state index in [0.29, 0.717) is 12.6 Å². The van der Waals surface area contributed by atoms with Crippen LogP contribution in [0.25, 0.3) is 0 Å². The van der Waals surface area contributed by atoms with Crippen molar-refractivity contribution < 1.29 is 5.21 Å². The van der Waals surface area contributed by atoms with E-state index in [9.17, 15) is 0 Å². The van der Waals surface area contributed by atoms with E-state index in [1.54, 1.807) is 0 Å². The normalized spacial score (nSPS) is 21.4. The van der Waals surface area contributed by atoms with E-state index in [0.717, 1.165) is 6.54 Å². The molecule has 0 saturated carbocycles. The maximum atomic E-state index is 8.32. The maximum absolute atomic E-state index is 8.32. The first kappa shape index (κ1) is 11.3. The van der Waals surface area contributed by atoms with Crippen molar-refractivity contribution >= 4 is 5.84 Å². The van der Waals surface area contributed by atoms with Gasteiger partial charge < -0.3 is 16.3 Å². The summed E-state index contributed by atoms with van der Waals surface area (Å²) in [6.45, 7) is 5.94. The van der Waals surface area contributed by atoms with E-state index in [1.165, 1.54) is 25.9 Å². The van der Waals surface area contributed by atoms with Crippen molar-refractivity contribution in [2.75, 3.05) is 26.2 Å². The Kier molecular flexibility index (Phi) is 4.69. The molecule has 1 atom stereocenters. The Morgan fingerprint density at radius 2 is 2.21 bits per heavy atom. The fraction of sp³-hybridized carbons (Fsp3) is 0.889. The molecule has 5 heteroatoms. The molecule has 1 fully saturated rings. The van der Waals surface area contributed by atoms with Crippen LogP contribution in [0, 0.1) is 0 Å². The molecular weight excluding hydrogens is 180 g/mol. The molecule has 1 unspecified atom stereocenters. The van der Waals surface area contributed by atoms with Crippen LogP contribution < -0.4 is 11.1 Å². The first-order valence-corrected chi connectivity index (χ1v) is 5.15. The zero-order valence-corrected chi connectivity index (χ0v) is 8.74. The summed E-state index contributed by atoms with van der Waals surface area (Å²) in [7, 11) is 0. The largest absolute Gasteiger partial charge is 0.409 e. The third kappa shape index (κ3) is 3.51. The molecule has 1 aliphatic heterocycles. The molecule has 0 amide bonds. The fourth-order valence-electron chi connectivity index (χ4n) is 1.76. The second-order valence-corrected chi connectivity index (χ2v) is 3.81. The summed E-state index contributed by atoms with van der Waals surface area (Å²) in [5, 5.41) is 14.4. The van der Waals surface area contributed by atoms with Gasteiger partial charge in [0.05, 0.1) is 6.54 Å². The highest BCUT2D eigenvalue weighted by molar-refractivity contribution is 5.81. The third-order valence-corrected chi connectivity index (χ3v) is 2.64. The van der Waals surface area contributed by atoms with Gasteiger partial charge in [0, 0.05) is 12.6 Å². The zero-order chi connectivity index (χ0) is 10.4. The van der Waals surface area contributed by atoms with Gasteiger partial charge in [-0.05, 0) is 32.9 Å². The predicted molar refractivity (Wildman–Crippen MR) is 56.5 cm³/mol. The molecule has 1 heterocycles. The molecule has 0 aliphatic carbocycles. The number of nitrogens with zero attached hydrogens (tertiary/aromatic N) is 2. The molecule has 14 heavy (non-hydrogen) atoms. The molecular formula is C9H20N4O. The first-order valence-electron chi connectivity index (χ1n) is 5.15. The Labute approximate surface area is 84.9 Å². The van der Waals surface area contributed by atoms with Gasteiger partial charge in [-0.3, -0.25) is 4.90 Å². The summed E-state index contributed by atoms with van der Waals surface area (Å²) in [6, 6.07) is 0.531. The molecule has 4 N–H and O–H groups in total. The summed E-state index contributed by atoms with van der Waals surface area (Å²) in [5.41, 5.74) is 5.34. The van der Waals surface area contributed by atoms with Gasteiger partial charge in [-0.15, -0.1) is 0 Å². The van der Waals surface area contributed by atoms with Crippen LogP contribution in [0.5, 0.6) is 0 Å². The van der Waals surface area contributed by atoms with Crippen molar-refractivity contribution in [3.05, 3.63) is 0 Å². The maximum Gasteiger partial charge on any atom is 0.153 e. The van der Waals surface area contributed by atoms with E-state index < -0.39 is 0 Å². The number of rotatable bonds is 5. The zero-order valence-electron chi connectivity index (χ0n) is 8.74. The molecule has 1 aliphatic rings. The lowest BCUT2D eigenvalue weighted by Crippen LogP contribution is -2.41. The highest BCUT2D eigenvalue weighted by Crippen LogP contribution is 2.10. The Morgan fingerprint density at radius 1 is 1.57 bits per heavy atom. The fourth-order valence-corrected chi connectivity index (χ4v) is 1.76. The van der Waals surface area contributed by atoms with E-state index in [2.05, 4.69) is 22.3 Å². The number of amidine groups is 1. The van der Waals surface area contributed by atoms with Gasteiger partial charge in [0.1, 0.15) is 0 Å². The van der Waals surface area contributed by atoms with Crippen molar-refractivity contribution in [2.45, 2.75) is 25.8 Å². The number of nitrogens with one attached hydrogen (secondary N) is 1. The van der Waals surface area contributed by atoms with Crippen LogP contribution in [-0.4, -0.2) is 48.2 Å². The SMILES string of the molecule is CC(CNCC(N)=NO)N1CCCC1. The molecule has 0 aromatic heterocycles. The Balaban J connectivity index is 2.11. The average molecular weight is 200 g/mol. The smallest absolute Gasteiger partial charge is 0.153 e. The minimum atomic E-state index is 0.235. The van der Waals surface area contributed by atoms with Crippen LogP contribution in [0.2, 0.25) is 0 Å². The molecule has 1 rings (SSSR count). The number of oxime groups is 1. The second kappa shape index (κ2) is 5.82. The van der Waals surface area contributed by atoms with Crippen LogP contribution in [0.4, 0.5) is 0 Å². The van der Waals surface area contributed by atoms with Crippen LogP contribution >= 0.6 is 0 Å². The molecule has 0 spiro atoms. The van der Waals surface area contributed by atoms with Gasteiger partial charge in [-0.1, -0.05) is 5.16 Å². The van der Waals surface area contributed by atoms with Gasteiger partial charge in [0.2, 0.25) is 0 Å². The summed E-state index contributed by atoms with van der Waals surface area (Å²) in [5.74, 6) is 0.235. The summed E-state index contributed by atoms with van der Waals surface area (Å²) in [6.07, 6.45) is 2.62. The Hall–Kier alpha value is -0.810. The van der Waals surface area contributed by atoms with Crippen LogP contribution in [-0.2, 0) is 0 Å². The van der Waals surface area contributed by atoms with Crippen molar-refractivity contribution in [1.29, 1.82) is 0 Å². The van der Waals surface area contributed by atoms with Crippen LogP contribution in [0.3, 0.4) is 0 Å². The van der Waals surface area contributed by atoms with E-state index in [4.69, 9.17) is 10.9 Å². The number of hydrogen-bond donors (Lipinski definition) is 3. The minimum Gasteiger partial charge on any atom is -0.409 e. The predicted octanol–water partition coefficient (Wildman–Crippen LogP) is -0.193. The Morgan fingerprint density at radius 3 is 2.79 bits per heavy atom. The van der Waals surface area contributed by atoms with Gasteiger partial charge >= 0.3 is 0 Å². The molecule has 82 valence electrons. The average Bonchev–Trinajstić information content (AvgIpc) is 2.70. The lowest BCUT2D eigenvalue weighted by molar-refractivity contribution is 0.254. The first-order chi connectivity index (χ1) is 6.74. The van der Waals surface area contributed by atoms with Gasteiger partial charge in [0.15, 0.2) is 5.84 Å². The van der Waals surface area contributed by atoms with Crippen molar-refractivity contribution in [2.24, 2.45) is 10.9 Å². The number of likely N-dealkylation sites (tertiary alicyclic amines) is 1. The van der Waals surface area contributed by atoms with Crippen molar-refractivity contribution in [3.63, 3.8) is 0 Å². The summed E-state index contributed by atoms with van der Waals surface area (Å²) in [4.78, 5) is 2.46. The number of hydrogen-bond acceptors (Lipinski definition) is 4. The van der Waals surface area contributed by atoms with E-state index >= 15 is 0 Å².